The first-order chi connectivity index (χ1) is 13.6. The van der Waals surface area contributed by atoms with E-state index in [-0.39, 0.29) is 6.10 Å². The van der Waals surface area contributed by atoms with Crippen molar-refractivity contribution in [2.45, 2.75) is 26.5 Å². The normalized spacial score (nSPS) is 13.4. The van der Waals surface area contributed by atoms with Gasteiger partial charge >= 0.3 is 0 Å². The molecule has 7 nitrogen and oxygen atoms in total. The van der Waals surface area contributed by atoms with Crippen LogP contribution < -0.4 is 14.8 Å². The molecule has 1 aromatic heterocycles. The summed E-state index contributed by atoms with van der Waals surface area (Å²) in [5, 5.41) is 16.8. The lowest BCUT2D eigenvalue weighted by Gasteiger charge is -2.11. The predicted octanol–water partition coefficient (Wildman–Crippen LogP) is 3.54. The Labute approximate surface area is 162 Å². The highest BCUT2D eigenvalue weighted by atomic mass is 16.5. The number of nitrogens with zero attached hydrogens (tertiary/aromatic N) is 3. The number of benzene rings is 2. The molecule has 0 fully saturated rings. The van der Waals surface area contributed by atoms with Crippen LogP contribution in [0.4, 0.5) is 0 Å². The summed E-state index contributed by atoms with van der Waals surface area (Å²) >= 11 is 0. The van der Waals surface area contributed by atoms with Crippen LogP contribution in [0.2, 0.25) is 0 Å². The standard InChI is InChI=1S/C21H20N4O3/c1-13(2)27-18-6-5-15(9-17(18)11-22)21-24-20(25-28-21)14-3-4-16-12-23-7-8-26-19(16)10-14/h3-6,9-10,13,23H,7-8,12H2,1-2H3. The van der Waals surface area contributed by atoms with Gasteiger partial charge in [-0.2, -0.15) is 10.2 Å². The molecule has 0 atom stereocenters. The maximum Gasteiger partial charge on any atom is 0.258 e. The molecule has 0 bridgehead atoms. The topological polar surface area (TPSA) is 93.2 Å². The molecular formula is C21H20N4O3. The summed E-state index contributed by atoms with van der Waals surface area (Å²) in [4.78, 5) is 4.49. The Hall–Kier alpha value is -3.37. The molecule has 0 saturated carbocycles. The van der Waals surface area contributed by atoms with Crippen molar-refractivity contribution in [3.05, 3.63) is 47.5 Å². The molecule has 1 aliphatic heterocycles. The van der Waals surface area contributed by atoms with Gasteiger partial charge in [-0.1, -0.05) is 17.3 Å². The third-order valence-corrected chi connectivity index (χ3v) is 4.31. The average molecular weight is 376 g/mol. The summed E-state index contributed by atoms with van der Waals surface area (Å²) in [5.74, 6) is 2.19. The maximum absolute atomic E-state index is 9.41. The molecule has 3 aromatic rings. The minimum absolute atomic E-state index is 0.0152. The van der Waals surface area contributed by atoms with Crippen molar-refractivity contribution in [3.63, 3.8) is 0 Å². The number of nitrogens with one attached hydrogen (secondary N) is 1. The molecule has 2 heterocycles. The maximum atomic E-state index is 9.41. The molecule has 7 heteroatoms. The van der Waals surface area contributed by atoms with Gasteiger partial charge in [0, 0.05) is 29.8 Å². The van der Waals surface area contributed by atoms with Crippen molar-refractivity contribution in [1.29, 1.82) is 5.26 Å². The summed E-state index contributed by atoms with van der Waals surface area (Å²) in [7, 11) is 0. The molecule has 28 heavy (non-hydrogen) atoms. The van der Waals surface area contributed by atoms with Crippen LogP contribution in [-0.2, 0) is 6.54 Å². The number of fused-ring (bicyclic) bond motifs is 1. The Morgan fingerprint density at radius 2 is 2.04 bits per heavy atom. The Balaban J connectivity index is 1.63. The molecule has 2 aromatic carbocycles. The second-order valence-corrected chi connectivity index (χ2v) is 6.76. The lowest BCUT2D eigenvalue weighted by molar-refractivity contribution is 0.241. The van der Waals surface area contributed by atoms with Crippen molar-refractivity contribution < 1.29 is 14.0 Å². The number of hydrogen-bond acceptors (Lipinski definition) is 7. The number of hydrogen-bond donors (Lipinski definition) is 1. The summed E-state index contributed by atoms with van der Waals surface area (Å²) in [6, 6.07) is 13.3. The van der Waals surface area contributed by atoms with Crippen LogP contribution in [0, 0.1) is 11.3 Å². The van der Waals surface area contributed by atoms with Gasteiger partial charge in [-0.15, -0.1) is 0 Å². The van der Waals surface area contributed by atoms with Crippen LogP contribution in [0.3, 0.4) is 0 Å². The highest BCUT2D eigenvalue weighted by Crippen LogP contribution is 2.30. The van der Waals surface area contributed by atoms with E-state index in [0.29, 0.717) is 35.2 Å². The van der Waals surface area contributed by atoms with Crippen molar-refractivity contribution in [2.75, 3.05) is 13.2 Å². The smallest absolute Gasteiger partial charge is 0.258 e. The van der Waals surface area contributed by atoms with Gasteiger partial charge in [0.25, 0.3) is 5.89 Å². The van der Waals surface area contributed by atoms with Crippen molar-refractivity contribution in [3.8, 4) is 40.4 Å². The first kappa shape index (κ1) is 18.0. The lowest BCUT2D eigenvalue weighted by atomic mass is 10.1. The molecule has 1 aliphatic rings. The largest absolute Gasteiger partial charge is 0.492 e. The van der Waals surface area contributed by atoms with Crippen LogP contribution in [0.1, 0.15) is 25.0 Å². The minimum Gasteiger partial charge on any atom is -0.492 e. The quantitative estimate of drug-likeness (QED) is 0.744. The zero-order chi connectivity index (χ0) is 19.5. The number of nitriles is 1. The van der Waals surface area contributed by atoms with E-state index in [1.807, 2.05) is 38.1 Å². The molecule has 1 N–H and O–H groups in total. The van der Waals surface area contributed by atoms with Crippen LogP contribution in [0.5, 0.6) is 11.5 Å². The van der Waals surface area contributed by atoms with Gasteiger partial charge in [-0.05, 0) is 38.1 Å². The second-order valence-electron chi connectivity index (χ2n) is 6.76. The summed E-state index contributed by atoms with van der Waals surface area (Å²) < 4.78 is 16.9. The fraction of sp³-hybridized carbons (Fsp3) is 0.286. The fourth-order valence-electron chi connectivity index (χ4n) is 3.00. The van der Waals surface area contributed by atoms with E-state index in [1.165, 1.54) is 0 Å². The van der Waals surface area contributed by atoms with Crippen LogP contribution in [0.15, 0.2) is 40.9 Å². The van der Waals surface area contributed by atoms with Crippen LogP contribution in [0.25, 0.3) is 22.8 Å². The van der Waals surface area contributed by atoms with E-state index < -0.39 is 0 Å². The third-order valence-electron chi connectivity index (χ3n) is 4.31. The molecule has 0 aliphatic carbocycles. The zero-order valence-electron chi connectivity index (χ0n) is 15.7. The molecule has 0 amide bonds. The van der Waals surface area contributed by atoms with Crippen LogP contribution in [-0.4, -0.2) is 29.4 Å². The molecule has 0 radical (unpaired) electrons. The average Bonchev–Trinajstić information content (AvgIpc) is 3.07. The van der Waals surface area contributed by atoms with Gasteiger partial charge in [0.05, 0.1) is 11.7 Å². The fourth-order valence-corrected chi connectivity index (χ4v) is 3.00. The van der Waals surface area contributed by atoms with E-state index in [2.05, 4.69) is 21.5 Å². The number of rotatable bonds is 4. The monoisotopic (exact) mass is 376 g/mol. The highest BCUT2D eigenvalue weighted by molar-refractivity contribution is 5.64. The second kappa shape index (κ2) is 7.71. The molecule has 0 saturated heterocycles. The molecule has 142 valence electrons. The van der Waals surface area contributed by atoms with E-state index in [4.69, 9.17) is 14.0 Å². The van der Waals surface area contributed by atoms with Gasteiger partial charge in [0.1, 0.15) is 24.2 Å². The Bertz CT molecular complexity index is 1040. The van der Waals surface area contributed by atoms with E-state index in [0.717, 1.165) is 30.0 Å². The highest BCUT2D eigenvalue weighted by Gasteiger charge is 2.16. The van der Waals surface area contributed by atoms with E-state index >= 15 is 0 Å². The summed E-state index contributed by atoms with van der Waals surface area (Å²) in [6.45, 7) is 6.04. The van der Waals surface area contributed by atoms with E-state index in [1.54, 1.807) is 12.1 Å². The van der Waals surface area contributed by atoms with Gasteiger partial charge < -0.3 is 19.3 Å². The first-order valence-corrected chi connectivity index (χ1v) is 9.16. The van der Waals surface area contributed by atoms with Gasteiger partial charge in [0.2, 0.25) is 5.82 Å². The third kappa shape index (κ3) is 3.68. The van der Waals surface area contributed by atoms with Gasteiger partial charge in [0.15, 0.2) is 0 Å². The summed E-state index contributed by atoms with van der Waals surface area (Å²) in [5.41, 5.74) is 3.01. The first-order valence-electron chi connectivity index (χ1n) is 9.16. The predicted molar refractivity (Wildman–Crippen MR) is 103 cm³/mol. The summed E-state index contributed by atoms with van der Waals surface area (Å²) in [6.07, 6.45) is -0.0152. The molecule has 0 unspecified atom stereocenters. The zero-order valence-corrected chi connectivity index (χ0v) is 15.7. The van der Waals surface area contributed by atoms with Crippen molar-refractivity contribution >= 4 is 0 Å². The molecular weight excluding hydrogens is 356 g/mol. The number of ether oxygens (including phenoxy) is 2. The van der Waals surface area contributed by atoms with Crippen molar-refractivity contribution in [1.82, 2.24) is 15.5 Å². The Morgan fingerprint density at radius 1 is 1.18 bits per heavy atom. The van der Waals surface area contributed by atoms with Crippen LogP contribution >= 0.6 is 0 Å². The van der Waals surface area contributed by atoms with Crippen molar-refractivity contribution in [2.24, 2.45) is 0 Å². The molecule has 0 spiro atoms. The Kier molecular flexibility index (Phi) is 4.96. The minimum atomic E-state index is -0.0152. The van der Waals surface area contributed by atoms with Gasteiger partial charge in [-0.3, -0.25) is 0 Å². The SMILES string of the molecule is CC(C)Oc1ccc(-c2nc(-c3ccc4c(c3)OCCNC4)no2)cc1C#N. The number of aromatic nitrogens is 2. The Morgan fingerprint density at radius 3 is 2.86 bits per heavy atom. The van der Waals surface area contributed by atoms with E-state index in [9.17, 15) is 5.26 Å². The van der Waals surface area contributed by atoms with Gasteiger partial charge in [-0.25, -0.2) is 0 Å². The lowest BCUT2D eigenvalue weighted by Crippen LogP contribution is -2.16. The molecule has 4 rings (SSSR count).